The quantitative estimate of drug-likeness (QED) is 0.161. The van der Waals surface area contributed by atoms with E-state index in [0.717, 1.165) is 48.7 Å². The largest absolute Gasteiger partial charge is 0.479 e. The van der Waals surface area contributed by atoms with Crippen molar-refractivity contribution in [1.82, 2.24) is 0 Å². The highest BCUT2D eigenvalue weighted by Crippen LogP contribution is 2.41. The predicted octanol–water partition coefficient (Wildman–Crippen LogP) is 8.38. The summed E-state index contributed by atoms with van der Waals surface area (Å²) in [5, 5.41) is 26.7. The molecular weight excluding hydrogens is 732 g/mol. The fourth-order valence-corrected chi connectivity index (χ4v) is 5.23. The third kappa shape index (κ3) is 10.6. The van der Waals surface area contributed by atoms with Crippen LogP contribution in [-0.2, 0) is 31.8 Å². The van der Waals surface area contributed by atoms with Crippen molar-refractivity contribution in [3.63, 3.8) is 0 Å². The van der Waals surface area contributed by atoms with Crippen LogP contribution in [0.2, 0.25) is 5.02 Å². The van der Waals surface area contributed by atoms with E-state index in [-0.39, 0.29) is 43.7 Å². The van der Waals surface area contributed by atoms with Crippen molar-refractivity contribution in [2.75, 3.05) is 6.26 Å². The molecule has 51 heavy (non-hydrogen) atoms. The van der Waals surface area contributed by atoms with Gasteiger partial charge in [0.1, 0.15) is 11.5 Å². The van der Waals surface area contributed by atoms with Gasteiger partial charge in [0.05, 0.1) is 27.7 Å². The Bertz CT molecular complexity index is 2100. The lowest BCUT2D eigenvalue weighted by Crippen LogP contribution is -2.23. The van der Waals surface area contributed by atoms with Crippen molar-refractivity contribution in [2.45, 2.75) is 43.3 Å². The van der Waals surface area contributed by atoms with Gasteiger partial charge in [0, 0.05) is 28.0 Å². The molecule has 0 saturated carbocycles. The Labute approximate surface area is 292 Å². The van der Waals surface area contributed by atoms with Crippen molar-refractivity contribution < 1.29 is 64.0 Å². The number of hydrogen-bond donors (Lipinski definition) is 2. The number of alkyl halides is 6. The molecule has 2 N–H and O–H groups in total. The van der Waals surface area contributed by atoms with Gasteiger partial charge in [-0.15, -0.1) is 0 Å². The summed E-state index contributed by atoms with van der Waals surface area (Å²) in [7, 11) is -3.57. The number of aliphatic carboxylic acids is 2. The Kier molecular flexibility index (Phi) is 12.4. The van der Waals surface area contributed by atoms with Gasteiger partial charge in [0.15, 0.2) is 22.0 Å². The zero-order chi connectivity index (χ0) is 38.5. The Morgan fingerprint density at radius 2 is 1.24 bits per heavy atom. The van der Waals surface area contributed by atoms with E-state index in [9.17, 15) is 44.3 Å². The number of carbonyl (C=O) groups is 2. The summed E-state index contributed by atoms with van der Waals surface area (Å²) in [5.41, 5.74) is -1.26. The molecule has 0 fully saturated rings. The van der Waals surface area contributed by atoms with Gasteiger partial charge in [0.25, 0.3) is 0 Å². The lowest BCUT2D eigenvalue weighted by molar-refractivity contribution is -0.145. The van der Waals surface area contributed by atoms with Crippen LogP contribution < -0.4 is 9.47 Å². The third-order valence-electron chi connectivity index (χ3n) is 6.88. The van der Waals surface area contributed by atoms with Crippen LogP contribution >= 0.6 is 11.6 Å². The zero-order valence-corrected chi connectivity index (χ0v) is 28.1. The number of nitrogens with zero attached hydrogens (tertiary/aromatic N) is 1. The highest BCUT2D eigenvalue weighted by molar-refractivity contribution is 7.90. The maximum Gasteiger partial charge on any atom is 0.416 e. The minimum absolute atomic E-state index is 0.00649. The summed E-state index contributed by atoms with van der Waals surface area (Å²) in [4.78, 5) is 21.8. The number of benzene rings is 4. The van der Waals surface area contributed by atoms with Gasteiger partial charge in [0.2, 0.25) is 0 Å². The highest BCUT2D eigenvalue weighted by Gasteiger charge is 2.33. The summed E-state index contributed by atoms with van der Waals surface area (Å²) in [6, 6.07) is 16.7. The molecule has 2 atom stereocenters. The van der Waals surface area contributed by atoms with E-state index in [2.05, 4.69) is 0 Å². The molecule has 9 nitrogen and oxygen atoms in total. The summed E-state index contributed by atoms with van der Waals surface area (Å²) >= 11 is 6.09. The molecule has 4 rings (SSSR count). The van der Waals surface area contributed by atoms with Gasteiger partial charge in [-0.05, 0) is 80.1 Å². The number of carboxylic acids is 2. The van der Waals surface area contributed by atoms with Gasteiger partial charge in [-0.1, -0.05) is 29.8 Å². The van der Waals surface area contributed by atoms with Gasteiger partial charge in [-0.2, -0.15) is 31.6 Å². The Morgan fingerprint density at radius 3 is 1.67 bits per heavy atom. The average Bonchev–Trinajstić information content (AvgIpc) is 3.04. The molecule has 4 aromatic rings. The Morgan fingerprint density at radius 1 is 0.745 bits per heavy atom. The van der Waals surface area contributed by atoms with Crippen LogP contribution in [0, 0.1) is 11.3 Å². The van der Waals surface area contributed by atoms with Gasteiger partial charge in [-0.25, -0.2) is 18.0 Å². The number of rotatable bonds is 9. The molecule has 0 radical (unpaired) electrons. The standard InChI is InChI=1S/C17H14ClF3O5S.C17H12F3NO3/c1-9(16(22)23)26-15-6-3-10(17(19,20)21)7-13(15)12-5-4-11(8-14(12)18)27(2,24)25;1-10(16(22)23)24-15-6-5-13(17(18,19)20)8-14(15)12-4-2-3-11(7-12)9-21/h3-9H,1-2H3,(H,22,23);2-8,10H,1H3,(H,22,23)/t9-;10-/m00/s1. The van der Waals surface area contributed by atoms with E-state index in [1.54, 1.807) is 0 Å². The Hall–Kier alpha value is -5.27. The van der Waals surface area contributed by atoms with Gasteiger partial charge < -0.3 is 19.7 Å². The molecule has 0 aliphatic carbocycles. The first kappa shape index (κ1) is 40.2. The molecule has 0 aliphatic heterocycles. The van der Waals surface area contributed by atoms with Crippen LogP contribution in [0.3, 0.4) is 0 Å². The second-order valence-electron chi connectivity index (χ2n) is 10.7. The minimum Gasteiger partial charge on any atom is -0.479 e. The molecule has 4 aromatic carbocycles. The smallest absolute Gasteiger partial charge is 0.416 e. The van der Waals surface area contributed by atoms with Crippen LogP contribution in [-0.4, -0.2) is 49.0 Å². The molecular formula is C34H26ClF6NO8S. The fourth-order valence-electron chi connectivity index (χ4n) is 4.24. The molecule has 0 bridgehead atoms. The first-order valence-corrected chi connectivity index (χ1v) is 16.5. The van der Waals surface area contributed by atoms with Crippen LogP contribution in [0.25, 0.3) is 22.3 Å². The monoisotopic (exact) mass is 757 g/mol. The lowest BCUT2D eigenvalue weighted by atomic mass is 10.00. The minimum atomic E-state index is -4.65. The predicted molar refractivity (Wildman–Crippen MR) is 172 cm³/mol. The maximum absolute atomic E-state index is 13.1. The van der Waals surface area contributed by atoms with E-state index >= 15 is 0 Å². The van der Waals surface area contributed by atoms with Crippen LogP contribution in [0.5, 0.6) is 11.5 Å². The zero-order valence-electron chi connectivity index (χ0n) is 26.5. The molecule has 0 aliphatic rings. The number of carboxylic acid groups (broad SMARTS) is 2. The SMILES string of the molecule is C[C@H](Oc1ccc(C(F)(F)F)cc1-c1ccc(S(C)(=O)=O)cc1Cl)C(=O)O.C[C@H](Oc1ccc(C(F)(F)F)cc1-c1cccc(C#N)c1)C(=O)O. The second kappa shape index (κ2) is 15.7. The molecule has 17 heteroatoms. The van der Waals surface area contributed by atoms with Gasteiger partial charge >= 0.3 is 24.3 Å². The van der Waals surface area contributed by atoms with E-state index in [1.165, 1.54) is 50.2 Å². The van der Waals surface area contributed by atoms with E-state index < -0.39 is 57.5 Å². The van der Waals surface area contributed by atoms with Crippen molar-refractivity contribution >= 4 is 33.4 Å². The summed E-state index contributed by atoms with van der Waals surface area (Å²) in [5.74, 6) is -2.69. The molecule has 0 aromatic heterocycles. The second-order valence-corrected chi connectivity index (χ2v) is 13.1. The molecule has 0 heterocycles. The van der Waals surface area contributed by atoms with E-state index in [1.807, 2.05) is 6.07 Å². The number of ether oxygens (including phenoxy) is 2. The normalized spacial score (nSPS) is 12.8. The van der Waals surface area contributed by atoms with Gasteiger partial charge in [-0.3, -0.25) is 0 Å². The molecule has 270 valence electrons. The number of halogens is 7. The number of hydrogen-bond acceptors (Lipinski definition) is 7. The molecule has 0 spiro atoms. The molecule has 0 amide bonds. The third-order valence-corrected chi connectivity index (χ3v) is 8.30. The number of nitriles is 1. The maximum atomic E-state index is 13.1. The van der Waals surface area contributed by atoms with E-state index in [4.69, 9.17) is 36.5 Å². The van der Waals surface area contributed by atoms with Crippen LogP contribution in [0.4, 0.5) is 26.3 Å². The van der Waals surface area contributed by atoms with Crippen molar-refractivity contribution in [2.24, 2.45) is 0 Å². The van der Waals surface area contributed by atoms with Crippen LogP contribution in [0.1, 0.15) is 30.5 Å². The average molecular weight is 758 g/mol. The summed E-state index contributed by atoms with van der Waals surface area (Å²) in [6.45, 7) is 2.49. The number of sulfone groups is 1. The Balaban J connectivity index is 0.000000277. The molecule has 0 saturated heterocycles. The first-order valence-electron chi connectivity index (χ1n) is 14.2. The lowest BCUT2D eigenvalue weighted by Gasteiger charge is -2.18. The summed E-state index contributed by atoms with van der Waals surface area (Å²) < 4.78 is 112. The van der Waals surface area contributed by atoms with Crippen molar-refractivity contribution in [1.29, 1.82) is 5.26 Å². The van der Waals surface area contributed by atoms with Crippen molar-refractivity contribution in [3.8, 4) is 39.8 Å². The van der Waals surface area contributed by atoms with Crippen LogP contribution in [0.15, 0.2) is 83.8 Å². The highest BCUT2D eigenvalue weighted by atomic mass is 35.5. The van der Waals surface area contributed by atoms with Crippen molar-refractivity contribution in [3.05, 3.63) is 101 Å². The molecule has 0 unspecified atom stereocenters. The summed E-state index contributed by atoms with van der Waals surface area (Å²) in [6.07, 6.45) is -10.8. The topological polar surface area (TPSA) is 151 Å². The first-order chi connectivity index (χ1) is 23.5. The fraction of sp³-hybridized carbons (Fsp3) is 0.206. The van der Waals surface area contributed by atoms with E-state index in [0.29, 0.717) is 5.56 Å².